The molecule has 12 heavy (non-hydrogen) atoms. The second kappa shape index (κ2) is 3.82. The highest BCUT2D eigenvalue weighted by Crippen LogP contribution is 2.25. The quantitative estimate of drug-likeness (QED) is 0.375. The molecule has 0 aromatic heterocycles. The fourth-order valence-corrected chi connectivity index (χ4v) is 1.32. The fourth-order valence-electron chi connectivity index (χ4n) is 1.32. The van der Waals surface area contributed by atoms with Gasteiger partial charge in [-0.2, -0.15) is 0 Å². The zero-order chi connectivity index (χ0) is 8.97. The minimum atomic E-state index is -0.822. The molecule has 1 fully saturated rings. The average Bonchev–Trinajstić information content (AvgIpc) is 2.38. The van der Waals surface area contributed by atoms with Gasteiger partial charge in [0.05, 0.1) is 18.2 Å². The van der Waals surface area contributed by atoms with Gasteiger partial charge in [0.15, 0.2) is 0 Å². The van der Waals surface area contributed by atoms with E-state index in [1.165, 1.54) is 0 Å². The zero-order valence-corrected chi connectivity index (χ0v) is 6.28. The van der Waals surface area contributed by atoms with Gasteiger partial charge in [-0.25, -0.2) is 0 Å². The Morgan fingerprint density at radius 2 is 1.50 bits per heavy atom. The molecule has 0 amide bonds. The molecule has 7 nitrogen and oxygen atoms in total. The van der Waals surface area contributed by atoms with Crippen LogP contribution in [0.4, 0.5) is 0 Å². The van der Waals surface area contributed by atoms with E-state index in [9.17, 15) is 5.11 Å². The van der Waals surface area contributed by atoms with Crippen molar-refractivity contribution in [2.75, 3.05) is 0 Å². The van der Waals surface area contributed by atoms with Gasteiger partial charge in [0, 0.05) is 9.82 Å². The minimum Gasteiger partial charge on any atom is -0.392 e. The Hall–Kier alpha value is -1.42. The van der Waals surface area contributed by atoms with Crippen LogP contribution in [0.15, 0.2) is 10.2 Å². The molecule has 1 N–H and O–H groups in total. The monoisotopic (exact) mass is 168 g/mol. The smallest absolute Gasteiger partial charge is 0.0709 e. The van der Waals surface area contributed by atoms with Gasteiger partial charge in [-0.3, -0.25) is 0 Å². The summed E-state index contributed by atoms with van der Waals surface area (Å²) < 4.78 is 0. The molecule has 1 aliphatic carbocycles. The summed E-state index contributed by atoms with van der Waals surface area (Å²) in [7, 11) is 0. The summed E-state index contributed by atoms with van der Waals surface area (Å²) in [6.07, 6.45) is 0.334. The van der Waals surface area contributed by atoms with Gasteiger partial charge in [0.1, 0.15) is 0 Å². The molecule has 1 rings (SSSR count). The number of azide groups is 2. The van der Waals surface area contributed by atoms with Crippen LogP contribution < -0.4 is 0 Å². The first-order valence-electron chi connectivity index (χ1n) is 3.56. The lowest BCUT2D eigenvalue weighted by molar-refractivity contribution is 0.149. The maximum Gasteiger partial charge on any atom is 0.0709 e. The molecule has 1 aliphatic rings. The molecule has 0 spiro atoms. The largest absolute Gasteiger partial charge is 0.392 e. The van der Waals surface area contributed by atoms with Crippen molar-refractivity contribution in [2.24, 2.45) is 10.2 Å². The van der Waals surface area contributed by atoms with Crippen molar-refractivity contribution in [1.82, 2.24) is 0 Å². The summed E-state index contributed by atoms with van der Waals surface area (Å²) in [5.74, 6) is 0. The summed E-state index contributed by atoms with van der Waals surface area (Å²) in [5.41, 5.74) is 16.2. The Balaban J connectivity index is 2.65. The predicted octanol–water partition coefficient (Wildman–Crippen LogP) is 1.50. The summed E-state index contributed by atoms with van der Waals surface area (Å²) >= 11 is 0. The average molecular weight is 168 g/mol. The van der Waals surface area contributed by atoms with E-state index in [2.05, 4.69) is 20.1 Å². The van der Waals surface area contributed by atoms with E-state index < -0.39 is 18.2 Å². The van der Waals surface area contributed by atoms with Crippen LogP contribution in [0.25, 0.3) is 20.9 Å². The van der Waals surface area contributed by atoms with Crippen LogP contribution in [0.1, 0.15) is 12.8 Å². The first-order valence-corrected chi connectivity index (χ1v) is 3.56. The molecule has 0 heterocycles. The molecular formula is C5H8N6O. The molecule has 0 aromatic rings. The van der Waals surface area contributed by atoms with Gasteiger partial charge in [-0.15, -0.1) is 0 Å². The SMILES string of the molecule is [N-]=[N+]=NC1CCC(N=[N+]=[N-])C1O. The second-order valence-corrected chi connectivity index (χ2v) is 2.61. The Bertz CT molecular complexity index is 227. The van der Waals surface area contributed by atoms with Gasteiger partial charge in [-0.05, 0) is 23.9 Å². The summed E-state index contributed by atoms with van der Waals surface area (Å²) in [4.78, 5) is 5.19. The van der Waals surface area contributed by atoms with E-state index in [0.717, 1.165) is 0 Å². The maximum atomic E-state index is 9.38. The highest BCUT2D eigenvalue weighted by atomic mass is 16.3. The van der Waals surface area contributed by atoms with Crippen LogP contribution in [-0.4, -0.2) is 23.3 Å². The van der Waals surface area contributed by atoms with Crippen molar-refractivity contribution in [3.63, 3.8) is 0 Å². The summed E-state index contributed by atoms with van der Waals surface area (Å²) in [6.45, 7) is 0. The predicted molar refractivity (Wildman–Crippen MR) is 41.1 cm³/mol. The summed E-state index contributed by atoms with van der Waals surface area (Å²) in [6, 6.07) is -0.879. The molecule has 0 radical (unpaired) electrons. The molecule has 0 saturated heterocycles. The Labute approximate surface area is 68.3 Å². The van der Waals surface area contributed by atoms with Crippen molar-refractivity contribution >= 4 is 0 Å². The van der Waals surface area contributed by atoms with Gasteiger partial charge in [0.2, 0.25) is 0 Å². The fraction of sp³-hybridized carbons (Fsp3) is 1.00. The van der Waals surface area contributed by atoms with Crippen molar-refractivity contribution in [3.05, 3.63) is 20.9 Å². The number of aliphatic hydroxyl groups is 1. The van der Waals surface area contributed by atoms with Crippen LogP contribution in [0.2, 0.25) is 0 Å². The number of rotatable bonds is 2. The van der Waals surface area contributed by atoms with Crippen LogP contribution in [-0.2, 0) is 0 Å². The van der Waals surface area contributed by atoms with E-state index in [0.29, 0.717) is 12.8 Å². The molecule has 64 valence electrons. The van der Waals surface area contributed by atoms with Gasteiger partial charge in [0.25, 0.3) is 0 Å². The van der Waals surface area contributed by atoms with Crippen molar-refractivity contribution in [2.45, 2.75) is 31.0 Å². The van der Waals surface area contributed by atoms with Crippen molar-refractivity contribution < 1.29 is 5.11 Å². The molecule has 0 aromatic carbocycles. The number of aliphatic hydroxyl groups excluding tert-OH is 1. The van der Waals surface area contributed by atoms with E-state index in [4.69, 9.17) is 11.1 Å². The normalized spacial score (nSPS) is 33.6. The van der Waals surface area contributed by atoms with E-state index in [-0.39, 0.29) is 0 Å². The van der Waals surface area contributed by atoms with Crippen LogP contribution >= 0.6 is 0 Å². The first kappa shape index (κ1) is 8.67. The number of nitrogens with zero attached hydrogens (tertiary/aromatic N) is 6. The first-order chi connectivity index (χ1) is 5.79. The standard InChI is InChI=1S/C5H8N6O/c6-10-8-3-1-2-4(5(3)12)9-11-7/h3-5,12H,1-2H2. The third-order valence-electron chi connectivity index (χ3n) is 1.95. The highest BCUT2D eigenvalue weighted by molar-refractivity contribution is 4.94. The van der Waals surface area contributed by atoms with E-state index in [1.807, 2.05) is 0 Å². The molecule has 1 saturated carbocycles. The third-order valence-corrected chi connectivity index (χ3v) is 1.95. The third kappa shape index (κ3) is 1.60. The topological polar surface area (TPSA) is 118 Å². The highest BCUT2D eigenvalue weighted by Gasteiger charge is 2.33. The molecular weight excluding hydrogens is 160 g/mol. The van der Waals surface area contributed by atoms with Crippen LogP contribution in [0, 0.1) is 0 Å². The van der Waals surface area contributed by atoms with E-state index in [1.54, 1.807) is 0 Å². The molecule has 7 heteroatoms. The van der Waals surface area contributed by atoms with Gasteiger partial charge in [-0.1, -0.05) is 10.2 Å². The Morgan fingerprint density at radius 1 is 1.08 bits per heavy atom. The van der Waals surface area contributed by atoms with E-state index >= 15 is 0 Å². The summed E-state index contributed by atoms with van der Waals surface area (Å²) in [5, 5.41) is 16.1. The van der Waals surface area contributed by atoms with Crippen molar-refractivity contribution in [1.29, 1.82) is 0 Å². The van der Waals surface area contributed by atoms with Gasteiger partial charge < -0.3 is 5.11 Å². The van der Waals surface area contributed by atoms with Crippen LogP contribution in [0.5, 0.6) is 0 Å². The maximum absolute atomic E-state index is 9.38. The second-order valence-electron chi connectivity index (χ2n) is 2.61. The zero-order valence-electron chi connectivity index (χ0n) is 6.28. The van der Waals surface area contributed by atoms with Crippen LogP contribution in [0.3, 0.4) is 0 Å². The minimum absolute atomic E-state index is 0.439. The Morgan fingerprint density at radius 3 is 1.83 bits per heavy atom. The number of hydrogen-bond donors (Lipinski definition) is 1. The molecule has 0 aliphatic heterocycles. The lowest BCUT2D eigenvalue weighted by atomic mass is 10.2. The Kier molecular flexibility index (Phi) is 2.76. The molecule has 0 bridgehead atoms. The van der Waals surface area contributed by atoms with Gasteiger partial charge >= 0.3 is 0 Å². The lowest BCUT2D eigenvalue weighted by Gasteiger charge is -2.10. The van der Waals surface area contributed by atoms with Crippen molar-refractivity contribution in [3.8, 4) is 0 Å². The number of hydrogen-bond acceptors (Lipinski definition) is 3. The molecule has 2 atom stereocenters. The molecule has 2 unspecified atom stereocenters. The lowest BCUT2D eigenvalue weighted by Crippen LogP contribution is -2.25.